The van der Waals surface area contributed by atoms with Crippen molar-refractivity contribution in [2.45, 2.75) is 13.8 Å². The summed E-state index contributed by atoms with van der Waals surface area (Å²) < 4.78 is 0. The predicted molar refractivity (Wildman–Crippen MR) is 61.6 cm³/mol. The monoisotopic (exact) mass is 197 g/mol. The first-order valence-corrected chi connectivity index (χ1v) is 4.97. The van der Waals surface area contributed by atoms with Gasteiger partial charge in [-0.1, -0.05) is 29.5 Å². The second-order valence-corrected chi connectivity index (χ2v) is 3.90. The topological polar surface area (TPSA) is 36.8 Å². The van der Waals surface area contributed by atoms with Crippen molar-refractivity contribution < 1.29 is 0 Å². The zero-order chi connectivity index (χ0) is 10.4. The summed E-state index contributed by atoms with van der Waals surface area (Å²) in [6, 6.07) is 8.44. The van der Waals surface area contributed by atoms with Gasteiger partial charge in [-0.05, 0) is 30.4 Å². The van der Waals surface area contributed by atoms with Crippen LogP contribution in [0.25, 0.3) is 10.8 Å². The Bertz CT molecular complexity index is 580. The summed E-state index contributed by atoms with van der Waals surface area (Å²) in [6.45, 7) is 4.14. The van der Waals surface area contributed by atoms with Crippen molar-refractivity contribution in [2.24, 2.45) is 10.3 Å². The van der Waals surface area contributed by atoms with E-state index in [0.717, 1.165) is 11.4 Å². The summed E-state index contributed by atoms with van der Waals surface area (Å²) >= 11 is 0. The quantitative estimate of drug-likeness (QED) is 0.683. The maximum absolute atomic E-state index is 4.17. The van der Waals surface area contributed by atoms with Crippen LogP contribution in [0.3, 0.4) is 0 Å². The van der Waals surface area contributed by atoms with Crippen LogP contribution in [0.1, 0.15) is 11.1 Å². The maximum atomic E-state index is 4.17. The zero-order valence-electron chi connectivity index (χ0n) is 8.70. The second-order valence-electron chi connectivity index (χ2n) is 3.90. The van der Waals surface area contributed by atoms with Crippen molar-refractivity contribution in [3.8, 4) is 0 Å². The molecule has 3 heteroatoms. The molecule has 0 aromatic heterocycles. The first-order valence-electron chi connectivity index (χ1n) is 4.97. The van der Waals surface area contributed by atoms with Gasteiger partial charge in [-0.25, -0.2) is 0 Å². The van der Waals surface area contributed by atoms with E-state index >= 15 is 0 Å². The highest BCUT2D eigenvalue weighted by Gasteiger charge is 2.13. The summed E-state index contributed by atoms with van der Waals surface area (Å²) in [7, 11) is 0. The van der Waals surface area contributed by atoms with E-state index in [4.69, 9.17) is 0 Å². The van der Waals surface area contributed by atoms with E-state index < -0.39 is 0 Å². The number of hydrogen-bond acceptors (Lipinski definition) is 3. The molecule has 0 spiro atoms. The lowest BCUT2D eigenvalue weighted by molar-refractivity contribution is 1.10. The van der Waals surface area contributed by atoms with Gasteiger partial charge in [0.15, 0.2) is 0 Å². The van der Waals surface area contributed by atoms with Crippen molar-refractivity contribution in [3.05, 3.63) is 35.4 Å². The zero-order valence-corrected chi connectivity index (χ0v) is 8.70. The fourth-order valence-electron chi connectivity index (χ4n) is 2.01. The van der Waals surface area contributed by atoms with Crippen molar-refractivity contribution in [2.75, 3.05) is 5.43 Å². The van der Waals surface area contributed by atoms with Crippen LogP contribution in [0.5, 0.6) is 0 Å². The highest BCUT2D eigenvalue weighted by atomic mass is 15.4. The van der Waals surface area contributed by atoms with Gasteiger partial charge in [-0.3, -0.25) is 5.43 Å². The molecule has 0 bridgehead atoms. The van der Waals surface area contributed by atoms with Crippen LogP contribution in [0, 0.1) is 13.8 Å². The Labute approximate surface area is 87.8 Å². The average molecular weight is 197 g/mol. The van der Waals surface area contributed by atoms with Crippen LogP contribution in [0.2, 0.25) is 0 Å². The van der Waals surface area contributed by atoms with Gasteiger partial charge < -0.3 is 0 Å². The molecule has 1 heterocycles. The van der Waals surface area contributed by atoms with Gasteiger partial charge in [0.05, 0.1) is 5.69 Å². The molecular weight excluding hydrogens is 186 g/mol. The Morgan fingerprint density at radius 2 is 1.73 bits per heavy atom. The number of nitrogens with one attached hydrogen (secondary N) is 1. The molecule has 0 amide bonds. The minimum Gasteiger partial charge on any atom is -0.259 e. The largest absolute Gasteiger partial charge is 0.259 e. The molecule has 0 saturated heterocycles. The Morgan fingerprint density at radius 3 is 2.53 bits per heavy atom. The van der Waals surface area contributed by atoms with Gasteiger partial charge in [-0.15, -0.1) is 5.11 Å². The van der Waals surface area contributed by atoms with E-state index in [9.17, 15) is 0 Å². The molecule has 0 aliphatic carbocycles. The molecule has 1 N–H and O–H groups in total. The Hall–Kier alpha value is -1.90. The van der Waals surface area contributed by atoms with E-state index in [1.165, 1.54) is 21.9 Å². The summed E-state index contributed by atoms with van der Waals surface area (Å²) in [6.07, 6.45) is 0. The van der Waals surface area contributed by atoms with Crippen molar-refractivity contribution in [1.29, 1.82) is 0 Å². The van der Waals surface area contributed by atoms with Crippen molar-refractivity contribution in [3.63, 3.8) is 0 Å². The summed E-state index contributed by atoms with van der Waals surface area (Å²) in [5.41, 5.74) is 7.42. The first-order chi connectivity index (χ1) is 7.27. The maximum Gasteiger partial charge on any atom is 0.100 e. The standard InChI is InChI=1S/C12H11N3/c1-7-3-5-9-6-4-8(2)12-10(9)11(7)13-15-14-12/h3-6H,1-2H3,(H,13,14). The minimum absolute atomic E-state index is 0.991. The second kappa shape index (κ2) is 2.79. The molecule has 0 saturated carbocycles. The molecular formula is C12H11N3. The van der Waals surface area contributed by atoms with Gasteiger partial charge in [0.1, 0.15) is 5.69 Å². The van der Waals surface area contributed by atoms with E-state index in [2.05, 4.69) is 53.9 Å². The van der Waals surface area contributed by atoms with Gasteiger partial charge in [0.2, 0.25) is 0 Å². The molecule has 1 aliphatic rings. The first kappa shape index (κ1) is 8.41. The highest BCUT2D eigenvalue weighted by Crippen LogP contribution is 2.39. The predicted octanol–water partition coefficient (Wildman–Crippen LogP) is 3.88. The SMILES string of the molecule is Cc1ccc2ccc(C)c3c2c1N=NN3. The number of aryl methyl sites for hydroxylation is 2. The van der Waals surface area contributed by atoms with E-state index in [1.807, 2.05) is 0 Å². The summed E-state index contributed by atoms with van der Waals surface area (Å²) in [4.78, 5) is 0. The van der Waals surface area contributed by atoms with Crippen molar-refractivity contribution >= 4 is 22.1 Å². The number of nitrogens with zero attached hydrogens (tertiary/aromatic N) is 2. The van der Waals surface area contributed by atoms with Crippen molar-refractivity contribution in [1.82, 2.24) is 0 Å². The fourth-order valence-corrected chi connectivity index (χ4v) is 2.01. The molecule has 74 valence electrons. The van der Waals surface area contributed by atoms with Crippen LogP contribution in [-0.4, -0.2) is 0 Å². The minimum atomic E-state index is 0.991. The van der Waals surface area contributed by atoms with Gasteiger partial charge in [0, 0.05) is 5.39 Å². The summed E-state index contributed by atoms with van der Waals surface area (Å²) in [5, 5.41) is 10.5. The normalized spacial score (nSPS) is 12.9. The van der Waals surface area contributed by atoms with Crippen LogP contribution < -0.4 is 5.43 Å². The molecule has 0 atom stereocenters. The third-order valence-electron chi connectivity index (χ3n) is 2.88. The van der Waals surface area contributed by atoms with E-state index in [0.29, 0.717) is 0 Å². The molecule has 0 unspecified atom stereocenters. The van der Waals surface area contributed by atoms with Gasteiger partial charge in [0.25, 0.3) is 0 Å². The third kappa shape index (κ3) is 1.06. The van der Waals surface area contributed by atoms with Crippen LogP contribution >= 0.6 is 0 Å². The number of benzene rings is 2. The molecule has 2 aromatic rings. The fraction of sp³-hybridized carbons (Fsp3) is 0.167. The Balaban J connectivity index is 2.56. The number of hydrogen-bond donors (Lipinski definition) is 1. The molecule has 3 rings (SSSR count). The molecule has 0 fully saturated rings. The van der Waals surface area contributed by atoms with Gasteiger partial charge >= 0.3 is 0 Å². The van der Waals surface area contributed by atoms with Crippen LogP contribution in [0.4, 0.5) is 11.4 Å². The lowest BCUT2D eigenvalue weighted by atomic mass is 10.0. The number of anilines is 1. The molecule has 3 nitrogen and oxygen atoms in total. The smallest absolute Gasteiger partial charge is 0.100 e. The van der Waals surface area contributed by atoms with Crippen LogP contribution in [-0.2, 0) is 0 Å². The van der Waals surface area contributed by atoms with Gasteiger partial charge in [-0.2, -0.15) is 0 Å². The number of rotatable bonds is 0. The third-order valence-corrected chi connectivity index (χ3v) is 2.88. The Kier molecular flexibility index (Phi) is 1.57. The lowest BCUT2D eigenvalue weighted by Crippen LogP contribution is -1.97. The molecule has 15 heavy (non-hydrogen) atoms. The lowest BCUT2D eigenvalue weighted by Gasteiger charge is -2.15. The van der Waals surface area contributed by atoms with E-state index in [-0.39, 0.29) is 0 Å². The Morgan fingerprint density at radius 1 is 1.00 bits per heavy atom. The average Bonchev–Trinajstić information content (AvgIpc) is 2.27. The molecule has 1 aliphatic heterocycles. The highest BCUT2D eigenvalue weighted by molar-refractivity contribution is 6.04. The summed E-state index contributed by atoms with van der Waals surface area (Å²) in [5.74, 6) is 0. The van der Waals surface area contributed by atoms with Crippen LogP contribution in [0.15, 0.2) is 34.6 Å². The molecule has 2 aromatic carbocycles. The van der Waals surface area contributed by atoms with E-state index in [1.54, 1.807) is 0 Å². The molecule has 0 radical (unpaired) electrons.